The highest BCUT2D eigenvalue weighted by molar-refractivity contribution is 5.72. The van der Waals surface area contributed by atoms with Gasteiger partial charge < -0.3 is 29.9 Å². The van der Waals surface area contributed by atoms with Crippen LogP contribution in [0.15, 0.2) is 5.11 Å². The third-order valence-corrected chi connectivity index (χ3v) is 11.5. The van der Waals surface area contributed by atoms with Crippen molar-refractivity contribution < 1.29 is 34.7 Å². The zero-order valence-electron chi connectivity index (χ0n) is 21.5. The number of fused-ring (bicyclic) bond motifs is 5. The molecule has 5 aliphatic rings. The summed E-state index contributed by atoms with van der Waals surface area (Å²) in [6, 6.07) is 0. The number of carboxylic acid groups (broad SMARTS) is 1. The van der Waals surface area contributed by atoms with Gasteiger partial charge in [0, 0.05) is 4.91 Å². The molecule has 4 saturated carbocycles. The molecule has 5 fully saturated rings. The Morgan fingerprint density at radius 3 is 2.44 bits per heavy atom. The van der Waals surface area contributed by atoms with Crippen LogP contribution >= 0.6 is 0 Å². The van der Waals surface area contributed by atoms with Crippen LogP contribution in [-0.2, 0) is 14.3 Å². The Hall–Kier alpha value is -1.42. The second kappa shape index (κ2) is 9.10. The molecular weight excluding hydrogens is 466 g/mol. The van der Waals surface area contributed by atoms with Gasteiger partial charge in [-0.25, -0.2) is 0 Å². The number of carboxylic acids is 1. The molecule has 0 bridgehead atoms. The van der Waals surface area contributed by atoms with Crippen LogP contribution in [0.4, 0.5) is 0 Å². The number of rotatable bonds is 4. The third-order valence-electron chi connectivity index (χ3n) is 11.5. The van der Waals surface area contributed by atoms with Crippen molar-refractivity contribution in [1.82, 2.24) is 0 Å². The summed E-state index contributed by atoms with van der Waals surface area (Å²) in [5, 5.41) is 45.0. The van der Waals surface area contributed by atoms with Crippen molar-refractivity contribution in [1.29, 1.82) is 0 Å². The number of hydrogen-bond donors (Lipinski definition) is 4. The first-order valence-electron chi connectivity index (χ1n) is 13.6. The number of aliphatic hydroxyl groups excluding tert-OH is 3. The minimum atomic E-state index is -1.31. The van der Waals surface area contributed by atoms with E-state index in [1.54, 1.807) is 6.92 Å². The summed E-state index contributed by atoms with van der Waals surface area (Å²) >= 11 is 0. The SMILES string of the molecule is C[C@@H]1O[C@@H](O[C@H]2CC[C@@]3(C)[C@H](CC[C@@H]4[C@@H]3CC[C@]3(C)[C@@H](C(=O)O)CC[C@]43N=[N+]=[N-])C2)[C@H](O)[C@H](O)[C@H]1O. The molecular formula is C26H41N3O7. The lowest BCUT2D eigenvalue weighted by Gasteiger charge is -2.64. The number of hydrogen-bond acceptors (Lipinski definition) is 7. The third kappa shape index (κ3) is 3.63. The average Bonchev–Trinajstić information content (AvgIpc) is 3.14. The summed E-state index contributed by atoms with van der Waals surface area (Å²) < 4.78 is 11.9. The second-order valence-corrected chi connectivity index (χ2v) is 12.7. The Bertz CT molecular complexity index is 929. The first-order chi connectivity index (χ1) is 17.0. The van der Waals surface area contributed by atoms with Crippen molar-refractivity contribution in [3.8, 4) is 0 Å². The van der Waals surface area contributed by atoms with Gasteiger partial charge in [-0.2, -0.15) is 0 Å². The molecule has 0 spiro atoms. The lowest BCUT2D eigenvalue weighted by atomic mass is 9.42. The minimum Gasteiger partial charge on any atom is -0.481 e. The van der Waals surface area contributed by atoms with Crippen molar-refractivity contribution in [2.45, 2.75) is 121 Å². The summed E-state index contributed by atoms with van der Waals surface area (Å²) in [4.78, 5) is 15.4. The lowest BCUT2D eigenvalue weighted by Crippen LogP contribution is -2.62. The largest absolute Gasteiger partial charge is 0.481 e. The van der Waals surface area contributed by atoms with Gasteiger partial charge >= 0.3 is 5.97 Å². The minimum absolute atomic E-state index is 0.0401. The number of ether oxygens (including phenoxy) is 2. The molecule has 0 aromatic carbocycles. The van der Waals surface area contributed by atoms with Crippen molar-refractivity contribution in [3.63, 3.8) is 0 Å². The highest BCUT2D eigenvalue weighted by atomic mass is 16.7. The summed E-state index contributed by atoms with van der Waals surface area (Å²) in [6.45, 7) is 6.06. The first kappa shape index (κ1) is 26.2. The van der Waals surface area contributed by atoms with E-state index in [1.165, 1.54) is 0 Å². The Morgan fingerprint density at radius 2 is 1.75 bits per heavy atom. The molecule has 1 saturated heterocycles. The van der Waals surface area contributed by atoms with Crippen LogP contribution < -0.4 is 0 Å². The molecule has 36 heavy (non-hydrogen) atoms. The first-order valence-corrected chi connectivity index (χ1v) is 13.6. The Labute approximate surface area is 212 Å². The molecule has 0 amide bonds. The maximum atomic E-state index is 12.1. The average molecular weight is 508 g/mol. The van der Waals surface area contributed by atoms with E-state index in [0.717, 1.165) is 44.9 Å². The van der Waals surface area contributed by atoms with Crippen LogP contribution in [-0.4, -0.2) is 68.7 Å². The van der Waals surface area contributed by atoms with E-state index < -0.39 is 53.5 Å². The van der Waals surface area contributed by atoms with E-state index >= 15 is 0 Å². The lowest BCUT2D eigenvalue weighted by molar-refractivity contribution is -0.309. The van der Waals surface area contributed by atoms with Crippen molar-refractivity contribution in [2.24, 2.45) is 39.6 Å². The Kier molecular flexibility index (Phi) is 6.62. The van der Waals surface area contributed by atoms with Crippen molar-refractivity contribution in [3.05, 3.63) is 10.4 Å². The van der Waals surface area contributed by atoms with Gasteiger partial charge in [0.2, 0.25) is 0 Å². The maximum absolute atomic E-state index is 12.1. The van der Waals surface area contributed by atoms with E-state index in [1.807, 2.05) is 6.92 Å². The van der Waals surface area contributed by atoms with E-state index in [2.05, 4.69) is 16.9 Å². The smallest absolute Gasteiger partial charge is 0.307 e. The fourth-order valence-electron chi connectivity index (χ4n) is 9.34. The molecule has 5 rings (SSSR count). The highest BCUT2D eigenvalue weighted by Crippen LogP contribution is 2.70. The predicted molar refractivity (Wildman–Crippen MR) is 128 cm³/mol. The normalized spacial score (nSPS) is 54.5. The quantitative estimate of drug-likeness (QED) is 0.196. The zero-order chi connectivity index (χ0) is 26.0. The monoisotopic (exact) mass is 507 g/mol. The molecule has 10 heteroatoms. The van der Waals surface area contributed by atoms with Crippen LogP contribution in [0.3, 0.4) is 0 Å². The standard InChI is InChI=1S/C26H41N3O7/c1-13-19(30)20(31)21(32)23(35-13)36-15-6-9-24(2)14(12-15)4-5-17-16(24)7-10-25(3)18(22(33)34)8-11-26(17,25)28-29-27/h13-21,23,30-32H,4-12H2,1-3H3,(H,33,34)/t13-,14+,15-,16-,17+,18+,19-,20+,21+,23-,24-,25+,26-/m0/s1. The molecule has 1 heterocycles. The van der Waals surface area contributed by atoms with Gasteiger partial charge in [-0.3, -0.25) is 4.79 Å². The number of carbonyl (C=O) groups is 1. The van der Waals surface area contributed by atoms with Gasteiger partial charge in [-0.1, -0.05) is 19.0 Å². The zero-order valence-corrected chi connectivity index (χ0v) is 21.5. The molecule has 10 nitrogen and oxygen atoms in total. The number of azide groups is 1. The summed E-state index contributed by atoms with van der Waals surface area (Å²) in [5.41, 5.74) is 8.45. The van der Waals surface area contributed by atoms with Gasteiger partial charge in [0.1, 0.15) is 18.3 Å². The molecule has 0 aromatic heterocycles. The Balaban J connectivity index is 1.34. The van der Waals surface area contributed by atoms with E-state index in [0.29, 0.717) is 24.7 Å². The highest BCUT2D eigenvalue weighted by Gasteiger charge is 2.68. The van der Waals surface area contributed by atoms with Gasteiger partial charge in [0.15, 0.2) is 6.29 Å². The molecule has 0 aromatic rings. The molecule has 4 N–H and O–H groups in total. The fraction of sp³-hybridized carbons (Fsp3) is 0.962. The summed E-state index contributed by atoms with van der Waals surface area (Å²) in [6.07, 6.45) is 1.83. The maximum Gasteiger partial charge on any atom is 0.307 e. The van der Waals surface area contributed by atoms with Crippen molar-refractivity contribution in [2.75, 3.05) is 0 Å². The van der Waals surface area contributed by atoms with Gasteiger partial charge in [0.05, 0.1) is 23.7 Å². The molecule has 0 unspecified atom stereocenters. The number of nitrogens with zero attached hydrogens (tertiary/aromatic N) is 3. The van der Waals surface area contributed by atoms with Gasteiger partial charge in [-0.05, 0) is 98.8 Å². The van der Waals surface area contributed by atoms with Crippen LogP contribution in [0.25, 0.3) is 10.4 Å². The van der Waals surface area contributed by atoms with Crippen LogP contribution in [0.5, 0.6) is 0 Å². The number of aliphatic carboxylic acids is 1. The van der Waals surface area contributed by atoms with Gasteiger partial charge in [-0.15, -0.1) is 0 Å². The number of aliphatic hydroxyl groups is 3. The molecule has 1 aliphatic heterocycles. The molecule has 4 aliphatic carbocycles. The van der Waals surface area contributed by atoms with E-state index in [4.69, 9.17) is 9.47 Å². The fourth-order valence-corrected chi connectivity index (χ4v) is 9.34. The van der Waals surface area contributed by atoms with Crippen LogP contribution in [0, 0.1) is 34.5 Å². The molecule has 202 valence electrons. The van der Waals surface area contributed by atoms with E-state index in [9.17, 15) is 30.8 Å². The summed E-state index contributed by atoms with van der Waals surface area (Å²) in [5.74, 6) is -0.317. The Morgan fingerprint density at radius 1 is 1.00 bits per heavy atom. The van der Waals surface area contributed by atoms with Crippen LogP contribution in [0.2, 0.25) is 0 Å². The topological polar surface area (TPSA) is 165 Å². The second-order valence-electron chi connectivity index (χ2n) is 12.7. The van der Waals surface area contributed by atoms with Crippen molar-refractivity contribution >= 4 is 5.97 Å². The van der Waals surface area contributed by atoms with Gasteiger partial charge in [0.25, 0.3) is 0 Å². The molecule has 13 atom stereocenters. The predicted octanol–water partition coefficient (Wildman–Crippen LogP) is 3.38. The van der Waals surface area contributed by atoms with Crippen LogP contribution in [0.1, 0.15) is 78.6 Å². The molecule has 0 radical (unpaired) electrons. The van der Waals surface area contributed by atoms with E-state index in [-0.39, 0.29) is 17.4 Å². The summed E-state index contributed by atoms with van der Waals surface area (Å²) in [7, 11) is 0.